The molecule has 0 saturated carbocycles. The Balaban J connectivity index is 2.79. The Labute approximate surface area is 93.8 Å². The zero-order valence-electron chi connectivity index (χ0n) is 8.96. The van der Waals surface area contributed by atoms with Gasteiger partial charge >= 0.3 is 5.97 Å². The lowest BCUT2D eigenvalue weighted by molar-refractivity contribution is -0.131. The van der Waals surface area contributed by atoms with E-state index in [4.69, 9.17) is 14.9 Å². The third-order valence-corrected chi connectivity index (χ3v) is 1.80. The normalized spacial score (nSPS) is 12.6. The second-order valence-corrected chi connectivity index (χ2v) is 3.37. The van der Waals surface area contributed by atoms with Gasteiger partial charge in [-0.15, -0.1) is 0 Å². The van der Waals surface area contributed by atoms with Crippen LogP contribution < -0.4 is 4.74 Å². The first-order valence-electron chi connectivity index (χ1n) is 4.90. The van der Waals surface area contributed by atoms with Crippen LogP contribution in [0.2, 0.25) is 0 Å². The van der Waals surface area contributed by atoms with E-state index in [0.29, 0.717) is 11.3 Å². The van der Waals surface area contributed by atoms with E-state index in [1.807, 2.05) is 0 Å². The Morgan fingerprint density at radius 1 is 1.50 bits per heavy atom. The first-order chi connectivity index (χ1) is 7.59. The molecule has 0 aliphatic heterocycles. The molecule has 2 N–H and O–H groups in total. The molecule has 0 heterocycles. The van der Waals surface area contributed by atoms with Crippen molar-refractivity contribution in [2.45, 2.75) is 13.0 Å². The molecular weight excluding hydrogens is 208 g/mol. The van der Waals surface area contributed by atoms with Crippen LogP contribution in [0, 0.1) is 0 Å². The van der Waals surface area contributed by atoms with Crippen LogP contribution in [0.3, 0.4) is 0 Å². The van der Waals surface area contributed by atoms with Crippen molar-refractivity contribution in [2.24, 2.45) is 0 Å². The molecule has 1 atom stereocenters. The van der Waals surface area contributed by atoms with Gasteiger partial charge in [-0.25, -0.2) is 4.79 Å². The van der Waals surface area contributed by atoms with Crippen molar-refractivity contribution in [1.82, 2.24) is 0 Å². The van der Waals surface area contributed by atoms with Crippen molar-refractivity contribution in [2.75, 3.05) is 6.61 Å². The summed E-state index contributed by atoms with van der Waals surface area (Å²) >= 11 is 0. The maximum Gasteiger partial charge on any atom is 0.328 e. The third-order valence-electron chi connectivity index (χ3n) is 1.80. The van der Waals surface area contributed by atoms with Gasteiger partial charge in [-0.3, -0.25) is 0 Å². The van der Waals surface area contributed by atoms with Crippen LogP contribution in [0.15, 0.2) is 30.3 Å². The monoisotopic (exact) mass is 222 g/mol. The lowest BCUT2D eigenvalue weighted by atomic mass is 10.2. The molecule has 4 nitrogen and oxygen atoms in total. The molecule has 0 fully saturated rings. The van der Waals surface area contributed by atoms with Gasteiger partial charge in [0.1, 0.15) is 12.4 Å². The average molecular weight is 222 g/mol. The molecule has 0 aromatic heterocycles. The molecule has 0 spiro atoms. The Morgan fingerprint density at radius 3 is 2.81 bits per heavy atom. The summed E-state index contributed by atoms with van der Waals surface area (Å²) in [4.78, 5) is 10.4. The minimum atomic E-state index is -1.01. The number of rotatable bonds is 5. The van der Waals surface area contributed by atoms with Crippen molar-refractivity contribution in [1.29, 1.82) is 0 Å². The summed E-state index contributed by atoms with van der Waals surface area (Å²) in [7, 11) is 0. The minimum Gasteiger partial charge on any atom is -0.490 e. The van der Waals surface area contributed by atoms with Gasteiger partial charge in [0.2, 0.25) is 0 Å². The van der Waals surface area contributed by atoms with E-state index >= 15 is 0 Å². The van der Waals surface area contributed by atoms with Gasteiger partial charge in [0.15, 0.2) is 0 Å². The number of aliphatic hydroxyl groups is 1. The summed E-state index contributed by atoms with van der Waals surface area (Å²) in [5.74, 6) is -0.453. The average Bonchev–Trinajstić information content (AvgIpc) is 2.24. The highest BCUT2D eigenvalue weighted by Crippen LogP contribution is 2.19. The Kier molecular flexibility index (Phi) is 4.54. The number of aliphatic hydroxyl groups excluding tert-OH is 1. The second-order valence-electron chi connectivity index (χ2n) is 3.37. The Bertz CT molecular complexity index is 382. The summed E-state index contributed by atoms with van der Waals surface area (Å²) < 4.78 is 5.34. The maximum absolute atomic E-state index is 10.4. The highest BCUT2D eigenvalue weighted by atomic mass is 16.5. The SMILES string of the molecule is CC(O)COc1ccccc1C=CC(=O)O. The van der Waals surface area contributed by atoms with Gasteiger partial charge < -0.3 is 14.9 Å². The highest BCUT2D eigenvalue weighted by molar-refractivity contribution is 5.85. The van der Waals surface area contributed by atoms with Crippen molar-refractivity contribution in [3.8, 4) is 5.75 Å². The highest BCUT2D eigenvalue weighted by Gasteiger charge is 2.02. The number of hydrogen-bond acceptors (Lipinski definition) is 3. The van der Waals surface area contributed by atoms with Crippen LogP contribution in [-0.4, -0.2) is 28.9 Å². The van der Waals surface area contributed by atoms with Crippen molar-refractivity contribution >= 4 is 12.0 Å². The Morgan fingerprint density at radius 2 is 2.19 bits per heavy atom. The van der Waals surface area contributed by atoms with E-state index in [9.17, 15) is 4.79 Å². The second kappa shape index (κ2) is 5.92. The summed E-state index contributed by atoms with van der Waals surface area (Å²) in [5.41, 5.74) is 0.672. The molecule has 0 saturated heterocycles. The molecule has 4 heteroatoms. The smallest absolute Gasteiger partial charge is 0.328 e. The van der Waals surface area contributed by atoms with Crippen LogP contribution in [0.1, 0.15) is 12.5 Å². The van der Waals surface area contributed by atoms with Gasteiger partial charge in [-0.05, 0) is 19.1 Å². The van der Waals surface area contributed by atoms with Crippen LogP contribution in [-0.2, 0) is 4.79 Å². The zero-order valence-corrected chi connectivity index (χ0v) is 8.96. The molecule has 1 aromatic rings. The number of ether oxygens (including phenoxy) is 1. The van der Waals surface area contributed by atoms with Crippen molar-refractivity contribution < 1.29 is 19.7 Å². The van der Waals surface area contributed by atoms with Crippen molar-refractivity contribution in [3.63, 3.8) is 0 Å². The fourth-order valence-corrected chi connectivity index (χ4v) is 1.12. The molecule has 0 aliphatic carbocycles. The first kappa shape index (κ1) is 12.3. The molecule has 1 aromatic carbocycles. The topological polar surface area (TPSA) is 66.8 Å². The van der Waals surface area contributed by atoms with Gasteiger partial charge in [-0.2, -0.15) is 0 Å². The molecule has 0 amide bonds. The van der Waals surface area contributed by atoms with E-state index < -0.39 is 12.1 Å². The van der Waals surface area contributed by atoms with E-state index in [2.05, 4.69) is 0 Å². The van der Waals surface area contributed by atoms with E-state index in [1.165, 1.54) is 6.08 Å². The minimum absolute atomic E-state index is 0.178. The lowest BCUT2D eigenvalue weighted by Crippen LogP contribution is -2.13. The quantitative estimate of drug-likeness (QED) is 0.742. The van der Waals surface area contributed by atoms with Gasteiger partial charge in [0.05, 0.1) is 6.10 Å². The molecule has 0 radical (unpaired) electrons. The lowest BCUT2D eigenvalue weighted by Gasteiger charge is -2.10. The maximum atomic E-state index is 10.4. The van der Waals surface area contributed by atoms with Crippen LogP contribution in [0.25, 0.3) is 6.08 Å². The van der Waals surface area contributed by atoms with E-state index in [-0.39, 0.29) is 6.61 Å². The largest absolute Gasteiger partial charge is 0.490 e. The van der Waals surface area contributed by atoms with Crippen LogP contribution in [0.4, 0.5) is 0 Å². The molecule has 86 valence electrons. The first-order valence-corrected chi connectivity index (χ1v) is 4.90. The number of carboxylic acids is 1. The predicted molar refractivity (Wildman–Crippen MR) is 60.3 cm³/mol. The van der Waals surface area contributed by atoms with Gasteiger partial charge in [0.25, 0.3) is 0 Å². The zero-order chi connectivity index (χ0) is 12.0. The summed E-state index contributed by atoms with van der Waals surface area (Å²) in [6.45, 7) is 1.80. The summed E-state index contributed by atoms with van der Waals surface area (Å²) in [5, 5.41) is 17.6. The van der Waals surface area contributed by atoms with Crippen molar-refractivity contribution in [3.05, 3.63) is 35.9 Å². The van der Waals surface area contributed by atoms with Gasteiger partial charge in [0, 0.05) is 11.6 Å². The van der Waals surface area contributed by atoms with E-state index in [0.717, 1.165) is 6.08 Å². The van der Waals surface area contributed by atoms with E-state index in [1.54, 1.807) is 31.2 Å². The number of carboxylic acid groups (broad SMARTS) is 1. The molecule has 0 aliphatic rings. The summed E-state index contributed by atoms with van der Waals surface area (Å²) in [6.07, 6.45) is 1.95. The number of benzene rings is 1. The Hall–Kier alpha value is -1.81. The molecule has 0 bridgehead atoms. The fraction of sp³-hybridized carbons (Fsp3) is 0.250. The third kappa shape index (κ3) is 4.14. The fourth-order valence-electron chi connectivity index (χ4n) is 1.12. The molecule has 16 heavy (non-hydrogen) atoms. The van der Waals surface area contributed by atoms with Crippen LogP contribution in [0.5, 0.6) is 5.75 Å². The number of carbonyl (C=O) groups is 1. The molecule has 1 rings (SSSR count). The predicted octanol–water partition coefficient (Wildman–Crippen LogP) is 1.54. The number of hydrogen-bond donors (Lipinski definition) is 2. The molecular formula is C12H14O4. The number of para-hydroxylation sites is 1. The van der Waals surface area contributed by atoms with Crippen LogP contribution >= 0.6 is 0 Å². The standard InChI is InChI=1S/C12H14O4/c1-9(13)8-16-11-5-3-2-4-10(11)6-7-12(14)15/h2-7,9,13H,8H2,1H3,(H,14,15). The van der Waals surface area contributed by atoms with Gasteiger partial charge in [-0.1, -0.05) is 18.2 Å². The summed E-state index contributed by atoms with van der Waals surface area (Å²) in [6, 6.07) is 7.05. The number of aliphatic carboxylic acids is 1. The molecule has 1 unspecified atom stereocenters.